The molecule has 0 aromatic heterocycles. The molecule has 2 fully saturated rings. The number of carbonyl (C=O) groups is 1. The van der Waals surface area contributed by atoms with Crippen molar-refractivity contribution in [1.29, 1.82) is 0 Å². The molecule has 2 atom stereocenters. The van der Waals surface area contributed by atoms with Gasteiger partial charge in [0.05, 0.1) is 11.1 Å². The highest BCUT2D eigenvalue weighted by Crippen LogP contribution is 2.41. The van der Waals surface area contributed by atoms with Crippen molar-refractivity contribution in [2.45, 2.75) is 43.8 Å². The molecule has 1 amide bonds. The van der Waals surface area contributed by atoms with Crippen LogP contribution in [-0.2, 0) is 4.79 Å². The largest absolute Gasteiger partial charge is 0.331 e. The van der Waals surface area contributed by atoms with E-state index in [9.17, 15) is 4.79 Å². The van der Waals surface area contributed by atoms with Gasteiger partial charge >= 0.3 is 0 Å². The van der Waals surface area contributed by atoms with Crippen LogP contribution in [0.4, 0.5) is 0 Å². The maximum Gasteiger partial charge on any atom is 0.223 e. The zero-order chi connectivity index (χ0) is 13.6. The molecule has 3 nitrogen and oxygen atoms in total. The van der Waals surface area contributed by atoms with Crippen LogP contribution in [0.5, 0.6) is 0 Å². The molecule has 1 heterocycles. The van der Waals surface area contributed by atoms with Crippen molar-refractivity contribution < 1.29 is 4.79 Å². The number of piperidine rings is 1. The molecule has 1 saturated carbocycles. The predicted octanol–water partition coefficient (Wildman–Crippen LogP) is 3.26. The molecule has 1 saturated heterocycles. The smallest absolute Gasteiger partial charge is 0.223 e. The average Bonchev–Trinajstić information content (AvgIpc) is 3.19. The van der Waals surface area contributed by atoms with E-state index in [1.54, 1.807) is 0 Å². The molecule has 0 spiro atoms. The molecule has 1 aliphatic heterocycles. The topological polar surface area (TPSA) is 46.3 Å². The summed E-state index contributed by atoms with van der Waals surface area (Å²) in [7, 11) is 0. The number of rotatable bonds is 2. The summed E-state index contributed by atoms with van der Waals surface area (Å²) in [4.78, 5) is 14.2. The van der Waals surface area contributed by atoms with Crippen molar-refractivity contribution >= 4 is 33.4 Å². The summed E-state index contributed by atoms with van der Waals surface area (Å²) in [6.07, 6.45) is 3.51. The highest BCUT2D eigenvalue weighted by atomic mass is 79.9. The Labute approximate surface area is 126 Å². The van der Waals surface area contributed by atoms with E-state index in [4.69, 9.17) is 17.3 Å². The fourth-order valence-electron chi connectivity index (χ4n) is 2.83. The van der Waals surface area contributed by atoms with Gasteiger partial charge in [-0.25, -0.2) is 0 Å². The van der Waals surface area contributed by atoms with Gasteiger partial charge in [0.25, 0.3) is 0 Å². The van der Waals surface area contributed by atoms with E-state index in [1.807, 2.05) is 23.1 Å². The lowest BCUT2D eigenvalue weighted by molar-refractivity contribution is -0.138. The Bertz CT molecular complexity index is 518. The average molecular weight is 344 g/mol. The molecule has 2 aliphatic rings. The third-order valence-electron chi connectivity index (χ3n) is 3.91. The molecule has 102 valence electrons. The van der Waals surface area contributed by atoms with Crippen LogP contribution in [0.1, 0.15) is 37.3 Å². The highest BCUT2D eigenvalue weighted by Gasteiger charge is 2.43. The lowest BCUT2D eigenvalue weighted by Gasteiger charge is -2.40. The van der Waals surface area contributed by atoms with Gasteiger partial charge in [-0.3, -0.25) is 4.79 Å². The zero-order valence-corrected chi connectivity index (χ0v) is 12.8. The summed E-state index contributed by atoms with van der Waals surface area (Å²) in [5.74, 6) is 0.230. The van der Waals surface area contributed by atoms with Gasteiger partial charge in [0.15, 0.2) is 0 Å². The van der Waals surface area contributed by atoms with Crippen LogP contribution in [0.25, 0.3) is 0 Å². The Kier molecular flexibility index (Phi) is 3.58. The molecular weight excluding hydrogens is 328 g/mol. The SMILES string of the molecule is NC1CCC(=O)N(C2CC2)C1c1ccc(Br)c(Cl)c1. The summed E-state index contributed by atoms with van der Waals surface area (Å²) >= 11 is 9.56. The number of likely N-dealkylation sites (tertiary alicyclic amines) is 1. The Balaban J connectivity index is 1.97. The Morgan fingerprint density at radius 3 is 2.68 bits per heavy atom. The summed E-state index contributed by atoms with van der Waals surface area (Å²) in [5.41, 5.74) is 7.31. The summed E-state index contributed by atoms with van der Waals surface area (Å²) in [6, 6.07) is 6.20. The second kappa shape index (κ2) is 5.08. The molecule has 1 aromatic rings. The molecule has 5 heteroatoms. The van der Waals surface area contributed by atoms with Crippen molar-refractivity contribution in [2.75, 3.05) is 0 Å². The molecule has 1 aliphatic carbocycles. The third kappa shape index (κ3) is 2.54. The number of nitrogens with zero attached hydrogens (tertiary/aromatic N) is 1. The predicted molar refractivity (Wildman–Crippen MR) is 79.0 cm³/mol. The van der Waals surface area contributed by atoms with Crippen LogP contribution in [0.15, 0.2) is 22.7 Å². The molecule has 3 rings (SSSR count). The Hall–Kier alpha value is -0.580. The minimum Gasteiger partial charge on any atom is -0.331 e. The van der Waals surface area contributed by atoms with Crippen LogP contribution in [-0.4, -0.2) is 22.9 Å². The van der Waals surface area contributed by atoms with Gasteiger partial charge in [0, 0.05) is 23.0 Å². The maximum atomic E-state index is 12.2. The summed E-state index contributed by atoms with van der Waals surface area (Å²) < 4.78 is 0.867. The normalized spacial score (nSPS) is 27.7. The Morgan fingerprint density at radius 2 is 2.05 bits per heavy atom. The van der Waals surface area contributed by atoms with Crippen molar-refractivity contribution in [3.05, 3.63) is 33.3 Å². The van der Waals surface area contributed by atoms with E-state index >= 15 is 0 Å². The van der Waals surface area contributed by atoms with Crippen molar-refractivity contribution in [3.63, 3.8) is 0 Å². The van der Waals surface area contributed by atoms with Gasteiger partial charge in [-0.1, -0.05) is 17.7 Å². The number of halogens is 2. The standard InChI is InChI=1S/C14H16BrClN2O/c15-10-4-1-8(7-11(10)16)14-12(17)5-6-13(19)18(14)9-2-3-9/h1,4,7,9,12,14H,2-3,5-6,17H2. The molecule has 2 unspecified atom stereocenters. The van der Waals surface area contributed by atoms with E-state index in [0.29, 0.717) is 17.5 Å². The number of amides is 1. The van der Waals surface area contributed by atoms with Crippen LogP contribution in [0.2, 0.25) is 5.02 Å². The first-order chi connectivity index (χ1) is 9.08. The first-order valence-corrected chi connectivity index (χ1v) is 7.76. The third-order valence-corrected chi connectivity index (χ3v) is 5.14. The molecular formula is C14H16BrClN2O. The molecule has 0 bridgehead atoms. The fourth-order valence-corrected chi connectivity index (χ4v) is 3.26. The number of benzene rings is 1. The Morgan fingerprint density at radius 1 is 1.32 bits per heavy atom. The van der Waals surface area contributed by atoms with Gasteiger partial charge in [-0.15, -0.1) is 0 Å². The van der Waals surface area contributed by atoms with Crippen molar-refractivity contribution in [3.8, 4) is 0 Å². The molecule has 2 N–H and O–H groups in total. The van der Waals surface area contributed by atoms with Gasteiger partial charge < -0.3 is 10.6 Å². The lowest BCUT2D eigenvalue weighted by Crippen LogP contribution is -2.49. The fraction of sp³-hybridized carbons (Fsp3) is 0.500. The number of hydrogen-bond donors (Lipinski definition) is 1. The maximum absolute atomic E-state index is 12.2. The zero-order valence-electron chi connectivity index (χ0n) is 10.5. The second-order valence-electron chi connectivity index (χ2n) is 5.35. The molecule has 1 aromatic carbocycles. The van der Waals surface area contributed by atoms with Crippen molar-refractivity contribution in [1.82, 2.24) is 4.90 Å². The van der Waals surface area contributed by atoms with Crippen LogP contribution in [0.3, 0.4) is 0 Å². The van der Waals surface area contributed by atoms with Crippen LogP contribution >= 0.6 is 27.5 Å². The first-order valence-electron chi connectivity index (χ1n) is 6.59. The van der Waals surface area contributed by atoms with E-state index in [2.05, 4.69) is 15.9 Å². The lowest BCUT2D eigenvalue weighted by atomic mass is 9.90. The molecule has 19 heavy (non-hydrogen) atoms. The van der Waals surface area contributed by atoms with E-state index in [1.165, 1.54) is 0 Å². The summed E-state index contributed by atoms with van der Waals surface area (Å²) in [6.45, 7) is 0. The van der Waals surface area contributed by atoms with Gasteiger partial charge in [-0.05, 0) is 52.9 Å². The van der Waals surface area contributed by atoms with E-state index < -0.39 is 0 Å². The first kappa shape index (κ1) is 13.4. The second-order valence-corrected chi connectivity index (χ2v) is 6.61. The van der Waals surface area contributed by atoms with Gasteiger partial charge in [-0.2, -0.15) is 0 Å². The van der Waals surface area contributed by atoms with E-state index in [-0.39, 0.29) is 18.0 Å². The number of nitrogens with two attached hydrogens (primary N) is 1. The molecule has 0 radical (unpaired) electrons. The summed E-state index contributed by atoms with van der Waals surface area (Å²) in [5, 5.41) is 0.665. The minimum absolute atomic E-state index is 0.00413. The van der Waals surface area contributed by atoms with Gasteiger partial charge in [0.2, 0.25) is 5.91 Å². The van der Waals surface area contributed by atoms with E-state index in [0.717, 1.165) is 29.3 Å². The highest BCUT2D eigenvalue weighted by molar-refractivity contribution is 9.10. The minimum atomic E-state index is -0.0284. The van der Waals surface area contributed by atoms with Crippen LogP contribution < -0.4 is 5.73 Å². The number of carbonyl (C=O) groups excluding carboxylic acids is 1. The van der Waals surface area contributed by atoms with Crippen molar-refractivity contribution in [2.24, 2.45) is 5.73 Å². The van der Waals surface area contributed by atoms with Gasteiger partial charge in [0.1, 0.15) is 0 Å². The monoisotopic (exact) mass is 342 g/mol. The number of hydrogen-bond acceptors (Lipinski definition) is 2. The quantitative estimate of drug-likeness (QED) is 0.896. The van der Waals surface area contributed by atoms with Crippen LogP contribution in [0, 0.1) is 0 Å².